The zero-order valence-electron chi connectivity index (χ0n) is 13.5. The Kier molecular flexibility index (Phi) is 5.79. The molecule has 21 heavy (non-hydrogen) atoms. The quantitative estimate of drug-likeness (QED) is 0.806. The highest BCUT2D eigenvalue weighted by molar-refractivity contribution is 5.47. The average Bonchev–Trinajstić information content (AvgIpc) is 2.53. The van der Waals surface area contributed by atoms with Gasteiger partial charge in [0.2, 0.25) is 0 Å². The van der Waals surface area contributed by atoms with Gasteiger partial charge in [-0.15, -0.1) is 0 Å². The van der Waals surface area contributed by atoms with Crippen molar-refractivity contribution in [2.75, 3.05) is 23.8 Å². The predicted octanol–water partition coefficient (Wildman–Crippen LogP) is 3.45. The molecule has 2 rings (SSSR count). The summed E-state index contributed by atoms with van der Waals surface area (Å²) in [4.78, 5) is 8.58. The van der Waals surface area contributed by atoms with Gasteiger partial charge in [-0.1, -0.05) is 20.8 Å². The van der Waals surface area contributed by atoms with Crippen LogP contribution in [0.5, 0.6) is 0 Å². The van der Waals surface area contributed by atoms with Crippen LogP contribution in [0, 0.1) is 0 Å². The van der Waals surface area contributed by atoms with Crippen molar-refractivity contribution in [1.29, 1.82) is 0 Å². The lowest BCUT2D eigenvalue weighted by Gasteiger charge is -2.40. The maximum atomic E-state index is 6.02. The van der Waals surface area contributed by atoms with Crippen molar-refractivity contribution in [3.05, 3.63) is 12.4 Å². The van der Waals surface area contributed by atoms with Gasteiger partial charge in [-0.2, -0.15) is 0 Å². The standard InChI is InChI=1S/C16H28N4O/c1-4-8-17-14-10-15(19-12-18-14)20-13-7-9-21-16(5-2,6-3)11-13/h10,12-13H,4-9,11H2,1-3H3,(H2,17,18,19,20). The molecule has 0 aliphatic carbocycles. The molecule has 1 unspecified atom stereocenters. The predicted molar refractivity (Wildman–Crippen MR) is 86.7 cm³/mol. The molecule has 1 aliphatic rings. The number of ether oxygens (including phenoxy) is 1. The van der Waals surface area contributed by atoms with Gasteiger partial charge < -0.3 is 15.4 Å². The van der Waals surface area contributed by atoms with Gasteiger partial charge in [0.15, 0.2) is 0 Å². The van der Waals surface area contributed by atoms with Gasteiger partial charge in [0.25, 0.3) is 0 Å². The Hall–Kier alpha value is -1.36. The summed E-state index contributed by atoms with van der Waals surface area (Å²) in [5.41, 5.74) is 0.0340. The van der Waals surface area contributed by atoms with Crippen LogP contribution in [0.2, 0.25) is 0 Å². The minimum absolute atomic E-state index is 0.0340. The summed E-state index contributed by atoms with van der Waals surface area (Å²) in [7, 11) is 0. The Balaban J connectivity index is 1.97. The number of nitrogens with zero attached hydrogens (tertiary/aromatic N) is 2. The molecular weight excluding hydrogens is 264 g/mol. The van der Waals surface area contributed by atoms with E-state index in [4.69, 9.17) is 4.74 Å². The molecule has 0 aromatic carbocycles. The Morgan fingerprint density at radius 1 is 1.24 bits per heavy atom. The van der Waals surface area contributed by atoms with Gasteiger partial charge in [-0.05, 0) is 32.1 Å². The highest BCUT2D eigenvalue weighted by Gasteiger charge is 2.34. The monoisotopic (exact) mass is 292 g/mol. The molecule has 1 aromatic heterocycles. The molecule has 1 saturated heterocycles. The van der Waals surface area contributed by atoms with E-state index in [0.29, 0.717) is 6.04 Å². The number of anilines is 2. The maximum absolute atomic E-state index is 6.02. The van der Waals surface area contributed by atoms with Crippen LogP contribution < -0.4 is 10.6 Å². The Morgan fingerprint density at radius 3 is 2.71 bits per heavy atom. The summed E-state index contributed by atoms with van der Waals surface area (Å²) in [6.07, 6.45) is 6.91. The molecule has 0 bridgehead atoms. The number of hydrogen-bond acceptors (Lipinski definition) is 5. The van der Waals surface area contributed by atoms with E-state index in [2.05, 4.69) is 41.4 Å². The first-order valence-corrected chi connectivity index (χ1v) is 8.17. The average molecular weight is 292 g/mol. The molecule has 0 amide bonds. The molecule has 0 spiro atoms. The zero-order chi connectivity index (χ0) is 15.1. The SMILES string of the molecule is CCCNc1cc(NC2CCOC(CC)(CC)C2)ncn1. The molecule has 0 saturated carbocycles. The second kappa shape index (κ2) is 7.59. The Labute approximate surface area is 127 Å². The highest BCUT2D eigenvalue weighted by Crippen LogP contribution is 2.32. The number of rotatable bonds is 7. The smallest absolute Gasteiger partial charge is 0.131 e. The third-order valence-electron chi connectivity index (χ3n) is 4.36. The van der Waals surface area contributed by atoms with Crippen molar-refractivity contribution >= 4 is 11.6 Å². The molecule has 5 nitrogen and oxygen atoms in total. The van der Waals surface area contributed by atoms with E-state index in [1.54, 1.807) is 6.33 Å². The van der Waals surface area contributed by atoms with E-state index in [1.165, 1.54) is 0 Å². The number of hydrogen-bond donors (Lipinski definition) is 2. The number of aromatic nitrogens is 2. The summed E-state index contributed by atoms with van der Waals surface area (Å²) >= 11 is 0. The van der Waals surface area contributed by atoms with Gasteiger partial charge in [-0.3, -0.25) is 0 Å². The van der Waals surface area contributed by atoms with Crippen molar-refractivity contribution < 1.29 is 4.74 Å². The van der Waals surface area contributed by atoms with Crippen molar-refractivity contribution in [2.45, 2.75) is 64.5 Å². The third kappa shape index (κ3) is 4.30. The minimum Gasteiger partial charge on any atom is -0.375 e. The first-order valence-electron chi connectivity index (χ1n) is 8.17. The minimum atomic E-state index is 0.0340. The first kappa shape index (κ1) is 16.0. The van der Waals surface area contributed by atoms with Gasteiger partial charge in [-0.25, -0.2) is 9.97 Å². The van der Waals surface area contributed by atoms with Crippen LogP contribution in [0.1, 0.15) is 52.9 Å². The van der Waals surface area contributed by atoms with Crippen LogP contribution in [-0.2, 0) is 4.74 Å². The van der Waals surface area contributed by atoms with Crippen molar-refractivity contribution in [3.63, 3.8) is 0 Å². The maximum Gasteiger partial charge on any atom is 0.131 e. The lowest BCUT2D eigenvalue weighted by molar-refractivity contribution is -0.0864. The van der Waals surface area contributed by atoms with Crippen LogP contribution in [0.25, 0.3) is 0 Å². The largest absolute Gasteiger partial charge is 0.375 e. The highest BCUT2D eigenvalue weighted by atomic mass is 16.5. The summed E-state index contributed by atoms with van der Waals surface area (Å²) in [6, 6.07) is 2.41. The second-order valence-electron chi connectivity index (χ2n) is 5.79. The summed E-state index contributed by atoms with van der Waals surface area (Å²) in [5.74, 6) is 1.79. The fourth-order valence-corrected chi connectivity index (χ4v) is 2.89. The van der Waals surface area contributed by atoms with E-state index in [1.807, 2.05) is 6.07 Å². The summed E-state index contributed by atoms with van der Waals surface area (Å²) < 4.78 is 6.02. The first-order chi connectivity index (χ1) is 10.2. The second-order valence-corrected chi connectivity index (χ2v) is 5.79. The van der Waals surface area contributed by atoms with Crippen LogP contribution in [0.3, 0.4) is 0 Å². The molecule has 2 N–H and O–H groups in total. The fourth-order valence-electron chi connectivity index (χ4n) is 2.89. The normalized spacial score (nSPS) is 21.0. The van der Waals surface area contributed by atoms with E-state index < -0.39 is 0 Å². The van der Waals surface area contributed by atoms with Gasteiger partial charge in [0.1, 0.15) is 18.0 Å². The van der Waals surface area contributed by atoms with Crippen LogP contribution >= 0.6 is 0 Å². The molecule has 1 aromatic rings. The lowest BCUT2D eigenvalue weighted by atomic mass is 9.86. The van der Waals surface area contributed by atoms with E-state index in [9.17, 15) is 0 Å². The molecular formula is C16H28N4O. The Morgan fingerprint density at radius 2 is 2.00 bits per heavy atom. The third-order valence-corrected chi connectivity index (χ3v) is 4.36. The van der Waals surface area contributed by atoms with Gasteiger partial charge in [0.05, 0.1) is 5.60 Å². The fraction of sp³-hybridized carbons (Fsp3) is 0.750. The van der Waals surface area contributed by atoms with Gasteiger partial charge in [0, 0.05) is 25.3 Å². The Bertz CT molecular complexity index is 434. The zero-order valence-corrected chi connectivity index (χ0v) is 13.5. The summed E-state index contributed by atoms with van der Waals surface area (Å²) in [6.45, 7) is 8.32. The van der Waals surface area contributed by atoms with Crippen LogP contribution in [0.4, 0.5) is 11.6 Å². The molecule has 5 heteroatoms. The van der Waals surface area contributed by atoms with Gasteiger partial charge >= 0.3 is 0 Å². The molecule has 1 atom stereocenters. The van der Waals surface area contributed by atoms with E-state index in [0.717, 1.165) is 56.9 Å². The van der Waals surface area contributed by atoms with E-state index in [-0.39, 0.29) is 5.60 Å². The van der Waals surface area contributed by atoms with Crippen LogP contribution in [-0.4, -0.2) is 34.8 Å². The summed E-state index contributed by atoms with van der Waals surface area (Å²) in [5, 5.41) is 6.84. The lowest BCUT2D eigenvalue weighted by Crippen LogP contribution is -2.43. The van der Waals surface area contributed by atoms with E-state index >= 15 is 0 Å². The topological polar surface area (TPSA) is 59.1 Å². The van der Waals surface area contributed by atoms with Crippen LogP contribution in [0.15, 0.2) is 12.4 Å². The molecule has 2 heterocycles. The molecule has 1 aliphatic heterocycles. The molecule has 118 valence electrons. The van der Waals surface area contributed by atoms with Crippen molar-refractivity contribution in [3.8, 4) is 0 Å². The van der Waals surface area contributed by atoms with Crippen molar-refractivity contribution in [1.82, 2.24) is 9.97 Å². The molecule has 1 fully saturated rings. The molecule has 0 radical (unpaired) electrons. The van der Waals surface area contributed by atoms with Crippen molar-refractivity contribution in [2.24, 2.45) is 0 Å². The number of nitrogens with one attached hydrogen (secondary N) is 2.